The number of rotatable bonds is 2. The van der Waals surface area contributed by atoms with Gasteiger partial charge in [0.25, 0.3) is 10.4 Å². The molecule has 3 unspecified atom stereocenters. The van der Waals surface area contributed by atoms with E-state index in [0.29, 0.717) is 24.8 Å². The average molecular weight is 376 g/mol. The van der Waals surface area contributed by atoms with E-state index in [1.807, 2.05) is 13.0 Å². The third-order valence-corrected chi connectivity index (χ3v) is 6.16. The molecule has 0 aromatic heterocycles. The smallest absolute Gasteiger partial charge is 0.716 e. The maximum atomic E-state index is 10.9. The number of benzene rings is 1. The maximum absolute atomic E-state index is 10.9. The summed E-state index contributed by atoms with van der Waals surface area (Å²) in [5.41, 5.74) is 1.71. The number of aliphatic hydroxyl groups excluding tert-OH is 1. The summed E-state index contributed by atoms with van der Waals surface area (Å²) in [5.74, 6) is -0.807. The number of allylic oxidation sites excluding steroid dienone is 2. The summed E-state index contributed by atoms with van der Waals surface area (Å²) in [4.78, 5) is 0. The van der Waals surface area contributed by atoms with Crippen LogP contribution in [-0.4, -0.2) is 24.2 Å². The van der Waals surface area contributed by atoms with E-state index in [0.717, 1.165) is 11.1 Å². The molecule has 1 N–H and O–H groups in total. The van der Waals surface area contributed by atoms with Crippen molar-refractivity contribution in [2.24, 2.45) is 11.3 Å². The molecule has 7 heteroatoms. The molecule has 4 atom stereocenters. The van der Waals surface area contributed by atoms with E-state index in [1.165, 1.54) is 6.07 Å². The van der Waals surface area contributed by atoms with Gasteiger partial charge in [0.15, 0.2) is 0 Å². The first-order valence-corrected chi connectivity index (χ1v) is 9.35. The Hall–Kier alpha value is -0.370. The normalized spacial score (nSPS) is 37.7. The SMILES string of the molecule is [2H]c1cc2c(c([2H])c1OS(=O)(=O)[O-])CC=C1C2CCC2(C)C1CC([2H])([2H])[C@@H]2O.[Na+]. The van der Waals surface area contributed by atoms with Crippen molar-refractivity contribution in [3.05, 3.63) is 40.9 Å². The van der Waals surface area contributed by atoms with Crippen molar-refractivity contribution in [2.45, 2.75) is 51.0 Å². The zero-order valence-electron chi connectivity index (χ0n) is 18.2. The molecule has 1 aromatic carbocycles. The third kappa shape index (κ3) is 3.33. The summed E-state index contributed by atoms with van der Waals surface area (Å²) in [7, 11) is -5.09. The Morgan fingerprint density at radius 1 is 1.48 bits per heavy atom. The van der Waals surface area contributed by atoms with E-state index >= 15 is 0 Å². The van der Waals surface area contributed by atoms with Crippen LogP contribution in [0.4, 0.5) is 0 Å². The zero-order valence-corrected chi connectivity index (χ0v) is 17.0. The van der Waals surface area contributed by atoms with Gasteiger partial charge in [-0.3, -0.25) is 0 Å². The minimum absolute atomic E-state index is 0. The number of hydrogen-bond donors (Lipinski definition) is 1. The van der Waals surface area contributed by atoms with Gasteiger partial charge in [0, 0.05) is 14.1 Å². The van der Waals surface area contributed by atoms with Crippen molar-refractivity contribution >= 4 is 10.4 Å². The van der Waals surface area contributed by atoms with Crippen LogP contribution in [0, 0.1) is 11.3 Å². The molecule has 0 spiro atoms. The van der Waals surface area contributed by atoms with Crippen LogP contribution in [0.15, 0.2) is 29.8 Å². The molecule has 130 valence electrons. The van der Waals surface area contributed by atoms with Crippen LogP contribution in [0.25, 0.3) is 0 Å². The first-order valence-electron chi connectivity index (χ1n) is 10.0. The van der Waals surface area contributed by atoms with Gasteiger partial charge < -0.3 is 13.8 Å². The Kier molecular flexibility index (Phi) is 3.90. The van der Waals surface area contributed by atoms with Crippen molar-refractivity contribution in [1.82, 2.24) is 0 Å². The fourth-order valence-corrected chi connectivity index (χ4v) is 4.80. The Morgan fingerprint density at radius 3 is 2.96 bits per heavy atom. The molecular weight excluding hydrogens is 351 g/mol. The summed E-state index contributed by atoms with van der Waals surface area (Å²) in [6, 6.07) is 0.848. The molecule has 5 nitrogen and oxygen atoms in total. The van der Waals surface area contributed by atoms with Crippen LogP contribution in [0.2, 0.25) is 0 Å². The molecule has 4 rings (SSSR count). The second kappa shape index (κ2) is 6.66. The predicted octanol–water partition coefficient (Wildman–Crippen LogP) is -0.333. The van der Waals surface area contributed by atoms with Crippen molar-refractivity contribution in [2.75, 3.05) is 0 Å². The van der Waals surface area contributed by atoms with Crippen LogP contribution in [0.1, 0.15) is 55.1 Å². The van der Waals surface area contributed by atoms with E-state index in [1.54, 1.807) is 0 Å². The van der Waals surface area contributed by atoms with E-state index in [9.17, 15) is 18.1 Å². The number of fused-ring (bicyclic) bond motifs is 5. The largest absolute Gasteiger partial charge is 1.00 e. The standard InChI is InChI=1S/C18H22O5S.Na/c1-18-9-8-14-13-5-3-12(23-24(20,21)22)10-11(13)2-4-15(14)16(18)6-7-17(18)19;/h3-5,10,14,16-17,19H,2,6-9H2,1H3,(H,20,21,22);/q;+1/p-1/t14?,16?,17-,18?;/m0./s1/i3D,7D2,10D;. The summed E-state index contributed by atoms with van der Waals surface area (Å²) in [6.45, 7) is 1.92. The molecule has 1 aromatic rings. The Labute approximate surface area is 176 Å². The predicted molar refractivity (Wildman–Crippen MR) is 87.4 cm³/mol. The van der Waals surface area contributed by atoms with Gasteiger partial charge >= 0.3 is 29.6 Å². The minimum atomic E-state index is -5.09. The molecule has 3 aliphatic rings. The molecule has 0 aliphatic heterocycles. The van der Waals surface area contributed by atoms with Crippen molar-refractivity contribution in [3.63, 3.8) is 0 Å². The summed E-state index contributed by atoms with van der Waals surface area (Å²) >= 11 is 0. The van der Waals surface area contributed by atoms with Crippen LogP contribution in [-0.2, 0) is 16.8 Å². The Bertz CT molecular complexity index is 996. The van der Waals surface area contributed by atoms with Crippen LogP contribution < -0.4 is 33.7 Å². The van der Waals surface area contributed by atoms with Gasteiger partial charge in [-0.15, -0.1) is 0 Å². The van der Waals surface area contributed by atoms with Crippen molar-refractivity contribution < 1.29 is 57.3 Å². The molecule has 0 bridgehead atoms. The average Bonchev–Trinajstić information content (AvgIpc) is 2.77. The Balaban J connectivity index is 0.00000240. The molecule has 0 saturated heterocycles. The van der Waals surface area contributed by atoms with Gasteiger partial charge in [-0.2, -0.15) is 0 Å². The van der Waals surface area contributed by atoms with Gasteiger partial charge in [-0.1, -0.05) is 24.6 Å². The number of aliphatic hydroxyl groups is 1. The topological polar surface area (TPSA) is 86.7 Å². The summed E-state index contributed by atoms with van der Waals surface area (Å²) in [6.07, 6.45) is 0.980. The third-order valence-electron chi connectivity index (χ3n) is 5.79. The van der Waals surface area contributed by atoms with Crippen LogP contribution >= 0.6 is 0 Å². The van der Waals surface area contributed by atoms with Crippen molar-refractivity contribution in [1.29, 1.82) is 0 Å². The molecular formula is C18H21NaO5S. The zero-order chi connectivity index (χ0) is 20.6. The van der Waals surface area contributed by atoms with Gasteiger partial charge in [0.1, 0.15) is 5.75 Å². The van der Waals surface area contributed by atoms with Crippen LogP contribution in [0.3, 0.4) is 0 Å². The second-order valence-corrected chi connectivity index (χ2v) is 8.02. The minimum Gasteiger partial charge on any atom is -0.716 e. The van der Waals surface area contributed by atoms with Gasteiger partial charge in [-0.25, -0.2) is 8.42 Å². The fourth-order valence-electron chi connectivity index (χ4n) is 4.50. The monoisotopic (exact) mass is 376 g/mol. The molecule has 3 aliphatic carbocycles. The van der Waals surface area contributed by atoms with Gasteiger partial charge in [-0.05, 0) is 61.2 Å². The number of hydrogen-bond acceptors (Lipinski definition) is 5. The molecule has 2 saturated carbocycles. The van der Waals surface area contributed by atoms with E-state index in [2.05, 4.69) is 4.18 Å². The van der Waals surface area contributed by atoms with E-state index in [-0.39, 0.29) is 59.9 Å². The first kappa shape index (κ1) is 14.7. The van der Waals surface area contributed by atoms with Gasteiger partial charge in [0.2, 0.25) is 0 Å². The molecule has 2 fully saturated rings. The summed E-state index contributed by atoms with van der Waals surface area (Å²) < 4.78 is 69.8. The molecule has 0 heterocycles. The maximum Gasteiger partial charge on any atom is 1.00 e. The molecule has 0 radical (unpaired) electrons. The van der Waals surface area contributed by atoms with Crippen LogP contribution in [0.5, 0.6) is 5.75 Å². The Morgan fingerprint density at radius 2 is 2.24 bits per heavy atom. The molecule has 0 amide bonds. The second-order valence-electron chi connectivity index (χ2n) is 7.04. The fraction of sp³-hybridized carbons (Fsp3) is 0.556. The molecule has 25 heavy (non-hydrogen) atoms. The summed E-state index contributed by atoms with van der Waals surface area (Å²) in [5, 5.41) is 10.6. The quantitative estimate of drug-likeness (QED) is 0.331. The van der Waals surface area contributed by atoms with E-state index < -0.39 is 34.0 Å². The van der Waals surface area contributed by atoms with Gasteiger partial charge in [0.05, 0.1) is 8.85 Å². The van der Waals surface area contributed by atoms with Crippen molar-refractivity contribution in [3.8, 4) is 5.75 Å². The van der Waals surface area contributed by atoms with E-state index in [4.69, 9.17) is 5.48 Å². The first-order chi connectivity index (χ1) is 12.8.